The van der Waals surface area contributed by atoms with E-state index in [0.717, 1.165) is 23.8 Å². The van der Waals surface area contributed by atoms with E-state index in [9.17, 15) is 23.2 Å². The molecule has 1 heterocycles. The van der Waals surface area contributed by atoms with Gasteiger partial charge in [-0.15, -0.1) is 0 Å². The number of nitrogens with zero attached hydrogens (tertiary/aromatic N) is 2. The number of carbonyl (C=O) groups excluding carboxylic acids is 3. The largest absolute Gasteiger partial charge is 0.481 e. The second kappa shape index (κ2) is 16.5. The van der Waals surface area contributed by atoms with Crippen LogP contribution in [0.1, 0.15) is 88.7 Å². The molecule has 0 aliphatic heterocycles. The third-order valence-electron chi connectivity index (χ3n) is 8.61. The minimum atomic E-state index is -0.740. The molecule has 1 aliphatic carbocycles. The average molecular weight is 710 g/mol. The maximum atomic E-state index is 14.3. The number of esters is 1. The zero-order valence-electron chi connectivity index (χ0n) is 30.7. The Kier molecular flexibility index (Phi) is 12.6. The van der Waals surface area contributed by atoms with E-state index in [-0.39, 0.29) is 30.1 Å². The minimum absolute atomic E-state index is 0.00729. The number of carbonyl (C=O) groups is 3. The van der Waals surface area contributed by atoms with E-state index in [4.69, 9.17) is 18.9 Å². The molecule has 12 heteroatoms. The highest BCUT2D eigenvalue weighted by Crippen LogP contribution is 2.34. The normalized spacial score (nSPS) is 17.1. The quantitative estimate of drug-likeness (QED) is 0.165. The lowest BCUT2D eigenvalue weighted by Crippen LogP contribution is -2.49. The van der Waals surface area contributed by atoms with Crippen LogP contribution in [0.4, 0.5) is 18.4 Å². The van der Waals surface area contributed by atoms with Crippen LogP contribution in [0.25, 0.3) is 17.0 Å². The number of methoxy groups -OCH3 is 2. The van der Waals surface area contributed by atoms with Crippen molar-refractivity contribution in [2.24, 2.45) is 5.92 Å². The monoisotopic (exact) mass is 709 g/mol. The van der Waals surface area contributed by atoms with Gasteiger partial charge in [0.25, 0.3) is 0 Å². The number of fused-ring (bicyclic) bond motifs is 1. The molecule has 0 saturated heterocycles. The highest BCUT2D eigenvalue weighted by Gasteiger charge is 2.35. The van der Waals surface area contributed by atoms with Gasteiger partial charge in [-0.05, 0) is 115 Å². The van der Waals surface area contributed by atoms with Crippen LogP contribution < -0.4 is 10.1 Å². The number of hydrogen-bond acceptors (Lipinski definition) is 8. The van der Waals surface area contributed by atoms with Crippen LogP contribution in [0.3, 0.4) is 0 Å². The van der Waals surface area contributed by atoms with Crippen molar-refractivity contribution in [1.82, 2.24) is 15.2 Å². The number of hydrogen-bond donors (Lipinski definition) is 1. The molecule has 0 bridgehead atoms. The summed E-state index contributed by atoms with van der Waals surface area (Å²) in [5.41, 5.74) is 0.338. The summed E-state index contributed by atoms with van der Waals surface area (Å²) >= 11 is 0. The van der Waals surface area contributed by atoms with Gasteiger partial charge in [0.1, 0.15) is 22.8 Å². The Morgan fingerprint density at radius 3 is 2.25 bits per heavy atom. The van der Waals surface area contributed by atoms with Crippen LogP contribution in [-0.2, 0) is 20.6 Å². The van der Waals surface area contributed by atoms with Gasteiger partial charge in [-0.3, -0.25) is 0 Å². The SMILES string of the molecule is COC(=O)c1ccc(CC(NC(=O)OC(C)(C)C)[C@H]2CC[C@H](N(C/C=C/c3cc(F)ccc3F)C(=O)OC(C)(C)C)CC2)c2nc(OC)ccc12. The standard InChI is InChI=1S/C39H49F2N3O7/c1-38(2,3)50-36(46)42-32(23-26-13-17-30(35(45)49-8)29-18-20-33(48-7)43-34(26)29)24-11-15-28(16-12-24)44(37(47)51-39(4,5)6)21-9-10-25-22-27(40)14-19-31(25)41/h9-10,13-14,17-20,22,24,28,32H,11-12,15-16,21,23H2,1-8H3,(H,42,46)/b10-9+/t24-,28-,32?. The van der Waals surface area contributed by atoms with Crippen LogP contribution in [-0.4, -0.2) is 72.1 Å². The van der Waals surface area contributed by atoms with E-state index in [1.54, 1.807) is 70.7 Å². The molecule has 0 radical (unpaired) electrons. The zero-order chi connectivity index (χ0) is 37.5. The summed E-state index contributed by atoms with van der Waals surface area (Å²) in [5.74, 6) is -1.26. The number of halogens is 2. The van der Waals surface area contributed by atoms with Crippen molar-refractivity contribution in [2.75, 3.05) is 20.8 Å². The van der Waals surface area contributed by atoms with E-state index in [1.165, 1.54) is 20.3 Å². The first kappa shape index (κ1) is 39.1. The Morgan fingerprint density at radius 1 is 0.941 bits per heavy atom. The number of pyridine rings is 1. The predicted molar refractivity (Wildman–Crippen MR) is 191 cm³/mol. The van der Waals surface area contributed by atoms with Crippen molar-refractivity contribution in [2.45, 2.75) is 96.9 Å². The Bertz CT molecular complexity index is 1740. The lowest BCUT2D eigenvalue weighted by atomic mass is 9.79. The van der Waals surface area contributed by atoms with Gasteiger partial charge in [0, 0.05) is 35.6 Å². The molecule has 1 unspecified atom stereocenters. The topological polar surface area (TPSA) is 116 Å². The van der Waals surface area contributed by atoms with Gasteiger partial charge >= 0.3 is 18.2 Å². The highest BCUT2D eigenvalue weighted by molar-refractivity contribution is 6.04. The number of amides is 2. The van der Waals surface area contributed by atoms with Crippen molar-refractivity contribution >= 4 is 35.1 Å². The maximum Gasteiger partial charge on any atom is 0.410 e. The van der Waals surface area contributed by atoms with Gasteiger partial charge in [0.2, 0.25) is 5.88 Å². The summed E-state index contributed by atoms with van der Waals surface area (Å²) in [4.78, 5) is 45.5. The molecule has 3 aromatic rings. The number of benzene rings is 2. The average Bonchev–Trinajstić information content (AvgIpc) is 3.05. The molecule has 4 rings (SSSR count). The molecule has 2 amide bonds. The summed E-state index contributed by atoms with van der Waals surface area (Å²) in [6.07, 6.45) is 4.93. The Morgan fingerprint density at radius 2 is 1.63 bits per heavy atom. The van der Waals surface area contributed by atoms with Crippen LogP contribution in [0.15, 0.2) is 48.5 Å². The molecule has 51 heavy (non-hydrogen) atoms. The third-order valence-corrected chi connectivity index (χ3v) is 8.61. The molecule has 10 nitrogen and oxygen atoms in total. The summed E-state index contributed by atoms with van der Waals surface area (Å²) in [6.45, 7) is 10.9. The number of rotatable bonds is 10. The first-order valence-corrected chi connectivity index (χ1v) is 17.1. The minimum Gasteiger partial charge on any atom is -0.481 e. The predicted octanol–water partition coefficient (Wildman–Crippen LogP) is 8.25. The van der Waals surface area contributed by atoms with E-state index in [1.807, 2.05) is 6.07 Å². The molecule has 1 fully saturated rings. The lowest BCUT2D eigenvalue weighted by Gasteiger charge is -2.39. The van der Waals surface area contributed by atoms with Crippen molar-refractivity contribution in [3.05, 3.63) is 76.9 Å². The second-order valence-corrected chi connectivity index (χ2v) is 14.7. The lowest BCUT2D eigenvalue weighted by molar-refractivity contribution is 0.0124. The molecular formula is C39H49F2N3O7. The summed E-state index contributed by atoms with van der Waals surface area (Å²) in [6, 6.07) is 9.58. The van der Waals surface area contributed by atoms with Crippen molar-refractivity contribution in [3.8, 4) is 5.88 Å². The molecule has 0 spiro atoms. The van der Waals surface area contributed by atoms with Gasteiger partial charge in [0.05, 0.1) is 25.3 Å². The number of aromatic nitrogens is 1. The maximum absolute atomic E-state index is 14.3. The fraction of sp³-hybridized carbons (Fsp3) is 0.487. The third kappa shape index (κ3) is 10.9. The van der Waals surface area contributed by atoms with Crippen molar-refractivity contribution < 1.29 is 42.1 Å². The molecule has 1 aromatic heterocycles. The molecular weight excluding hydrogens is 660 g/mol. The summed E-state index contributed by atoms with van der Waals surface area (Å²) in [7, 11) is 2.83. The van der Waals surface area contributed by atoms with E-state index in [2.05, 4.69) is 10.3 Å². The van der Waals surface area contributed by atoms with Crippen molar-refractivity contribution in [1.29, 1.82) is 0 Å². The molecule has 1 saturated carbocycles. The fourth-order valence-electron chi connectivity index (χ4n) is 6.30. The van der Waals surface area contributed by atoms with Crippen LogP contribution in [0.5, 0.6) is 5.88 Å². The van der Waals surface area contributed by atoms with Crippen LogP contribution in [0, 0.1) is 17.6 Å². The van der Waals surface area contributed by atoms with Gasteiger partial charge in [0.15, 0.2) is 0 Å². The van der Waals surface area contributed by atoms with E-state index >= 15 is 0 Å². The molecule has 276 valence electrons. The Balaban J connectivity index is 1.60. The number of alkyl carbamates (subject to hydrolysis) is 1. The van der Waals surface area contributed by atoms with Crippen LogP contribution in [0.2, 0.25) is 0 Å². The Hall–Kier alpha value is -4.74. The number of ether oxygens (including phenoxy) is 4. The Labute approximate surface area is 298 Å². The van der Waals surface area contributed by atoms with Gasteiger partial charge in [-0.2, -0.15) is 0 Å². The molecule has 1 aliphatic rings. The first-order chi connectivity index (χ1) is 24.0. The fourth-order valence-corrected chi connectivity index (χ4v) is 6.30. The van der Waals surface area contributed by atoms with Gasteiger partial charge < -0.3 is 29.2 Å². The summed E-state index contributed by atoms with van der Waals surface area (Å²) in [5, 5.41) is 3.70. The first-order valence-electron chi connectivity index (χ1n) is 17.1. The summed E-state index contributed by atoms with van der Waals surface area (Å²) < 4.78 is 49.8. The van der Waals surface area contributed by atoms with Crippen LogP contribution >= 0.6 is 0 Å². The highest BCUT2D eigenvalue weighted by atomic mass is 19.1. The van der Waals surface area contributed by atoms with E-state index < -0.39 is 41.0 Å². The smallest absolute Gasteiger partial charge is 0.410 e. The van der Waals surface area contributed by atoms with Gasteiger partial charge in [-0.25, -0.2) is 28.1 Å². The number of nitrogens with one attached hydrogen (secondary N) is 1. The molecule has 2 aromatic carbocycles. The van der Waals surface area contributed by atoms with E-state index in [0.29, 0.717) is 54.5 Å². The van der Waals surface area contributed by atoms with Gasteiger partial charge in [-0.1, -0.05) is 18.2 Å². The second-order valence-electron chi connectivity index (χ2n) is 14.7. The molecule has 1 atom stereocenters. The zero-order valence-corrected chi connectivity index (χ0v) is 30.7. The van der Waals surface area contributed by atoms with Crippen molar-refractivity contribution in [3.63, 3.8) is 0 Å². The molecule has 1 N–H and O–H groups in total.